The van der Waals surface area contributed by atoms with Crippen molar-refractivity contribution in [1.29, 1.82) is 0 Å². The van der Waals surface area contributed by atoms with Gasteiger partial charge < -0.3 is 0 Å². The third-order valence-electron chi connectivity index (χ3n) is 11.1. The Hall–Kier alpha value is -4.62. The second-order valence-electron chi connectivity index (χ2n) is 16.2. The third kappa shape index (κ3) is 9.49. The van der Waals surface area contributed by atoms with Crippen LogP contribution in [-0.4, -0.2) is 62.2 Å². The first-order valence-corrected chi connectivity index (χ1v) is 25.2. The van der Waals surface area contributed by atoms with E-state index in [1.807, 2.05) is 72.8 Å². The van der Waals surface area contributed by atoms with Crippen molar-refractivity contribution in [1.82, 2.24) is 0 Å². The Labute approximate surface area is 353 Å². The van der Waals surface area contributed by atoms with Crippen molar-refractivity contribution < 1.29 is 62.2 Å². The van der Waals surface area contributed by atoms with E-state index in [1.54, 1.807) is 66.7 Å². The summed E-state index contributed by atoms with van der Waals surface area (Å²) in [6.45, 7) is 2.37. The van der Waals surface area contributed by atoms with E-state index in [-0.39, 0.29) is 18.4 Å². The molecule has 0 radical (unpaired) electrons. The molecule has 62 heavy (non-hydrogen) atoms. The van der Waals surface area contributed by atoms with Crippen molar-refractivity contribution >= 4 is 37.0 Å². The van der Waals surface area contributed by atoms with E-state index in [1.165, 1.54) is 13.1 Å². The molecule has 5 aromatic rings. The van der Waals surface area contributed by atoms with Crippen molar-refractivity contribution in [3.63, 3.8) is 0 Å². The summed E-state index contributed by atoms with van der Waals surface area (Å²) < 4.78 is 178. The van der Waals surface area contributed by atoms with Crippen molar-refractivity contribution in [3.05, 3.63) is 156 Å². The Balaban J connectivity index is 1.42. The maximum absolute atomic E-state index is 15.1. The topological polar surface area (TPSA) is 26.3 Å². The molecule has 0 heterocycles. The molecule has 0 N–H and O–H groups in total. The van der Waals surface area contributed by atoms with E-state index in [2.05, 4.69) is 0 Å². The number of hydrogen-bond donors (Lipinski definition) is 0. The second-order valence-corrected chi connectivity index (χ2v) is 25.4. The van der Waals surface area contributed by atoms with E-state index < -0.39 is 70.3 Å². The molecule has 0 aliphatic rings. The minimum atomic E-state index is -7.57. The van der Waals surface area contributed by atoms with Gasteiger partial charge in [-0.1, -0.05) is 6.07 Å². The number of alkyl halides is 12. The summed E-state index contributed by atoms with van der Waals surface area (Å²) in [5.41, 5.74) is 1.67. The normalized spacial score (nSPS) is 13.8. The van der Waals surface area contributed by atoms with Crippen LogP contribution in [0.4, 0.5) is 52.7 Å². The number of carbonyl (C=O) groups excluding carboxylic acids is 1. The number of halogens is 12. The van der Waals surface area contributed by atoms with Crippen LogP contribution in [0.3, 0.4) is 0 Å². The van der Waals surface area contributed by atoms with E-state index in [0.717, 1.165) is 15.9 Å². The fourth-order valence-corrected chi connectivity index (χ4v) is 15.4. The fraction of sp³-hybridized carbons (Fsp3) is 0.326. The molecular formula is C46H45F12O2PSi. The van der Waals surface area contributed by atoms with E-state index >= 15 is 8.78 Å². The summed E-state index contributed by atoms with van der Waals surface area (Å²) in [4.78, 5) is 12.9. The Kier molecular flexibility index (Phi) is 14.2. The number of ketones is 1. The molecule has 0 saturated heterocycles. The Bertz CT molecular complexity index is 2210. The zero-order valence-corrected chi connectivity index (χ0v) is 35.9. The number of hydrogen-bond acceptors (Lipinski definition) is 2. The predicted octanol–water partition coefficient (Wildman–Crippen LogP) is 12.4. The van der Waals surface area contributed by atoms with Gasteiger partial charge in [-0.25, -0.2) is 0 Å². The van der Waals surface area contributed by atoms with E-state index in [4.69, 9.17) is 4.74 Å². The Morgan fingerprint density at radius 2 is 1.02 bits per heavy atom. The minimum absolute atomic E-state index is 0.0243. The average Bonchev–Trinajstić information content (AvgIpc) is 3.23. The third-order valence-corrected chi connectivity index (χ3v) is 19.2. The van der Waals surface area contributed by atoms with Crippen LogP contribution in [0.25, 0.3) is 0 Å². The number of rotatable bonds is 20. The van der Waals surface area contributed by atoms with Crippen LogP contribution in [0.1, 0.15) is 41.3 Å². The summed E-state index contributed by atoms with van der Waals surface area (Å²) in [7, 11) is -6.40. The predicted molar refractivity (Wildman–Crippen MR) is 224 cm³/mol. The van der Waals surface area contributed by atoms with Gasteiger partial charge >= 0.3 is 333 Å². The second kappa shape index (κ2) is 18.2. The van der Waals surface area contributed by atoms with E-state index in [0.29, 0.717) is 35.0 Å². The van der Waals surface area contributed by atoms with Crippen LogP contribution in [0.2, 0.25) is 19.1 Å². The molecule has 5 aromatic carbocycles. The van der Waals surface area contributed by atoms with Gasteiger partial charge in [-0.15, -0.1) is 0 Å². The quantitative estimate of drug-likeness (QED) is 0.0256. The molecule has 0 saturated carbocycles. The summed E-state index contributed by atoms with van der Waals surface area (Å²) in [5.74, 6) is -41.0. The van der Waals surface area contributed by atoms with Crippen LogP contribution in [0, 0.1) is 0 Å². The molecule has 0 spiro atoms. The van der Waals surface area contributed by atoms with Crippen LogP contribution in [0.15, 0.2) is 140 Å². The van der Waals surface area contributed by atoms with E-state index in [9.17, 15) is 48.7 Å². The molecule has 2 nitrogen and oxygen atoms in total. The van der Waals surface area contributed by atoms with Crippen molar-refractivity contribution in [3.8, 4) is 5.75 Å². The fourth-order valence-electron chi connectivity index (χ4n) is 7.58. The van der Waals surface area contributed by atoms with Gasteiger partial charge in [-0.05, 0) is 0 Å². The van der Waals surface area contributed by atoms with Crippen LogP contribution >= 0.6 is 7.26 Å². The first-order valence-electron chi connectivity index (χ1n) is 19.6. The number of benzene rings is 5. The molecule has 0 unspecified atom stereocenters. The molecule has 0 aromatic heterocycles. The average molecular weight is 917 g/mol. The van der Waals surface area contributed by atoms with Gasteiger partial charge in [0.2, 0.25) is 0 Å². The summed E-state index contributed by atoms with van der Waals surface area (Å²) in [6, 6.07) is 40.9. The van der Waals surface area contributed by atoms with Crippen molar-refractivity contribution in [2.75, 3.05) is 12.8 Å². The SMILES string of the molecule is CC(F)(F)C(F)(F)C(F)(F)C(F)(F)C(F)(F)C(F)(F)CC[Si](C)(C)Cc1ccccc1[PH](CCCOc1ccc(C(=O)c2ccccc2)cc1)(c1ccccc1)c1ccccc1. The molecule has 334 valence electrons. The maximum atomic E-state index is 15.1. The summed E-state index contributed by atoms with van der Waals surface area (Å²) in [6.07, 6.45) is -1.07. The first-order chi connectivity index (χ1) is 28.8. The molecule has 0 atom stereocenters. The van der Waals surface area contributed by atoms with Gasteiger partial charge in [0.1, 0.15) is 0 Å². The Morgan fingerprint density at radius 3 is 1.53 bits per heavy atom. The molecule has 0 amide bonds. The van der Waals surface area contributed by atoms with Crippen molar-refractivity contribution in [2.24, 2.45) is 0 Å². The molecule has 0 aliphatic carbocycles. The van der Waals surface area contributed by atoms with Gasteiger partial charge in [-0.3, -0.25) is 0 Å². The van der Waals surface area contributed by atoms with Crippen LogP contribution in [-0.2, 0) is 6.04 Å². The van der Waals surface area contributed by atoms with Crippen molar-refractivity contribution in [2.45, 2.75) is 80.5 Å². The van der Waals surface area contributed by atoms with Gasteiger partial charge in [0.15, 0.2) is 0 Å². The monoisotopic (exact) mass is 916 g/mol. The van der Waals surface area contributed by atoms with Gasteiger partial charge in [0.25, 0.3) is 0 Å². The zero-order chi connectivity index (χ0) is 45.8. The summed E-state index contributed by atoms with van der Waals surface area (Å²) >= 11 is 0. The Morgan fingerprint density at radius 1 is 0.565 bits per heavy atom. The van der Waals surface area contributed by atoms with Gasteiger partial charge in [0, 0.05) is 6.92 Å². The van der Waals surface area contributed by atoms with Gasteiger partial charge in [-0.2, -0.15) is 8.78 Å². The summed E-state index contributed by atoms with van der Waals surface area (Å²) in [5, 5.41) is 2.77. The molecule has 16 heteroatoms. The molecule has 0 fully saturated rings. The molecule has 5 rings (SSSR count). The first kappa shape index (κ1) is 48.4. The van der Waals surface area contributed by atoms with Crippen LogP contribution < -0.4 is 20.7 Å². The number of ether oxygens (including phenoxy) is 1. The van der Waals surface area contributed by atoms with Gasteiger partial charge in [0.05, 0.1) is 0 Å². The number of carbonyl (C=O) groups is 1. The standard InChI is InChI=1S/C46H45F12O2PSi/c1-41(47,48)43(51,52)45(55,56)46(57,58)44(53,54)42(49,50)28-31-62(2,3)32-35-18-13-14-23-39(35)61(37-19-9-5-10-20-37,38-21-11-6-12-22-38)30-15-29-60-36-26-24-34(25-27-36)40(59)33-16-7-4-8-17-33/h4-14,16-27,61H,15,28-32H2,1-3H3. The zero-order valence-electron chi connectivity index (χ0n) is 33.9. The molecule has 0 bridgehead atoms. The molecule has 0 aliphatic heterocycles. The van der Waals surface area contributed by atoms with Crippen LogP contribution in [0.5, 0.6) is 5.75 Å². The molecular weight excluding hydrogens is 872 g/mol.